The minimum Gasteiger partial charge on any atom is -0.494 e. The minimum atomic E-state index is -0.579. The van der Waals surface area contributed by atoms with Crippen LogP contribution in [0.15, 0.2) is 60.0 Å². The summed E-state index contributed by atoms with van der Waals surface area (Å²) in [5.41, 5.74) is 2.41. The Labute approximate surface area is 177 Å². The Morgan fingerprint density at radius 1 is 1.20 bits per heavy atom. The van der Waals surface area contributed by atoms with Crippen LogP contribution in [0.2, 0.25) is 0 Å². The van der Waals surface area contributed by atoms with Gasteiger partial charge in [-0.3, -0.25) is 4.79 Å². The molecule has 4 aromatic rings. The normalized spacial score (nSPS) is 10.8. The summed E-state index contributed by atoms with van der Waals surface area (Å²) in [6, 6.07) is 15.2. The van der Waals surface area contributed by atoms with Crippen molar-refractivity contribution in [1.82, 2.24) is 14.8 Å². The van der Waals surface area contributed by atoms with E-state index in [1.807, 2.05) is 43.5 Å². The number of thiazole rings is 1. The predicted molar refractivity (Wildman–Crippen MR) is 115 cm³/mol. The first-order valence-electron chi connectivity index (χ1n) is 9.37. The van der Waals surface area contributed by atoms with Crippen molar-refractivity contribution in [3.05, 3.63) is 77.1 Å². The molecular formula is C22H19FN4O2S. The second kappa shape index (κ2) is 8.46. The van der Waals surface area contributed by atoms with E-state index in [-0.39, 0.29) is 5.56 Å². The van der Waals surface area contributed by atoms with Gasteiger partial charge in [0.15, 0.2) is 0 Å². The maximum atomic E-state index is 13.9. The van der Waals surface area contributed by atoms with E-state index in [0.29, 0.717) is 23.3 Å². The van der Waals surface area contributed by atoms with Crippen LogP contribution in [-0.4, -0.2) is 27.3 Å². The van der Waals surface area contributed by atoms with Gasteiger partial charge in [-0.1, -0.05) is 12.1 Å². The SMILES string of the molecule is CCOc1ccc(-c2csc(-n3nc(C)cc3NC(=O)c3ccccc3F)n2)cc1. The van der Waals surface area contributed by atoms with E-state index in [2.05, 4.69) is 15.4 Å². The lowest BCUT2D eigenvalue weighted by Crippen LogP contribution is -2.16. The molecule has 1 N–H and O–H groups in total. The van der Waals surface area contributed by atoms with Gasteiger partial charge in [-0.25, -0.2) is 9.37 Å². The van der Waals surface area contributed by atoms with Crippen molar-refractivity contribution in [2.45, 2.75) is 13.8 Å². The number of carbonyl (C=O) groups excluding carboxylic acids is 1. The highest BCUT2D eigenvalue weighted by molar-refractivity contribution is 7.12. The molecule has 30 heavy (non-hydrogen) atoms. The average Bonchev–Trinajstić information content (AvgIpc) is 3.36. The van der Waals surface area contributed by atoms with E-state index in [1.54, 1.807) is 22.9 Å². The molecule has 0 atom stereocenters. The Bertz CT molecular complexity index is 1180. The summed E-state index contributed by atoms with van der Waals surface area (Å²) in [5.74, 6) is 0.105. The zero-order chi connectivity index (χ0) is 21.1. The van der Waals surface area contributed by atoms with E-state index < -0.39 is 11.7 Å². The first-order chi connectivity index (χ1) is 14.5. The van der Waals surface area contributed by atoms with Crippen molar-refractivity contribution in [3.63, 3.8) is 0 Å². The minimum absolute atomic E-state index is 0.0304. The van der Waals surface area contributed by atoms with Crippen LogP contribution in [0.5, 0.6) is 5.75 Å². The molecule has 8 heteroatoms. The molecule has 4 rings (SSSR count). The lowest BCUT2D eigenvalue weighted by atomic mass is 10.2. The maximum Gasteiger partial charge on any atom is 0.259 e. The molecule has 0 radical (unpaired) electrons. The molecule has 0 aliphatic carbocycles. The number of amides is 1. The second-order valence-electron chi connectivity index (χ2n) is 6.49. The number of ether oxygens (including phenoxy) is 1. The molecule has 1 amide bonds. The number of hydrogen-bond acceptors (Lipinski definition) is 5. The number of anilines is 1. The fourth-order valence-electron chi connectivity index (χ4n) is 2.95. The van der Waals surface area contributed by atoms with Crippen molar-refractivity contribution < 1.29 is 13.9 Å². The molecule has 0 aliphatic heterocycles. The number of aryl methyl sites for hydroxylation is 1. The van der Waals surface area contributed by atoms with Gasteiger partial charge in [0.1, 0.15) is 17.4 Å². The van der Waals surface area contributed by atoms with Gasteiger partial charge in [0.25, 0.3) is 5.91 Å². The summed E-state index contributed by atoms with van der Waals surface area (Å²) >= 11 is 1.40. The van der Waals surface area contributed by atoms with Gasteiger partial charge in [0.05, 0.1) is 23.6 Å². The quantitative estimate of drug-likeness (QED) is 0.470. The number of rotatable bonds is 6. The number of nitrogens with zero attached hydrogens (tertiary/aromatic N) is 3. The summed E-state index contributed by atoms with van der Waals surface area (Å²) in [6.07, 6.45) is 0. The first kappa shape index (κ1) is 19.8. The van der Waals surface area contributed by atoms with Crippen LogP contribution in [0.25, 0.3) is 16.4 Å². The fourth-order valence-corrected chi connectivity index (χ4v) is 3.74. The summed E-state index contributed by atoms with van der Waals surface area (Å²) in [4.78, 5) is 17.2. The van der Waals surface area contributed by atoms with E-state index in [0.717, 1.165) is 17.0 Å². The summed E-state index contributed by atoms with van der Waals surface area (Å²) < 4.78 is 21.0. The Balaban J connectivity index is 1.60. The molecule has 2 aromatic carbocycles. The predicted octanol–water partition coefficient (Wildman–Crippen LogP) is 5.09. The van der Waals surface area contributed by atoms with Crippen LogP contribution in [0.4, 0.5) is 10.2 Å². The molecule has 0 bridgehead atoms. The second-order valence-corrected chi connectivity index (χ2v) is 7.33. The van der Waals surface area contributed by atoms with Gasteiger partial charge in [0, 0.05) is 17.0 Å². The van der Waals surface area contributed by atoms with Gasteiger partial charge in [0.2, 0.25) is 5.13 Å². The number of nitrogens with one attached hydrogen (secondary N) is 1. The number of benzene rings is 2. The molecule has 2 aromatic heterocycles. The lowest BCUT2D eigenvalue weighted by Gasteiger charge is -2.07. The van der Waals surface area contributed by atoms with Crippen LogP contribution in [-0.2, 0) is 0 Å². The van der Waals surface area contributed by atoms with Gasteiger partial charge >= 0.3 is 0 Å². The molecule has 2 heterocycles. The zero-order valence-corrected chi connectivity index (χ0v) is 17.2. The third kappa shape index (κ3) is 4.08. The van der Waals surface area contributed by atoms with Crippen LogP contribution in [0, 0.1) is 12.7 Å². The van der Waals surface area contributed by atoms with Crippen molar-refractivity contribution >= 4 is 23.1 Å². The van der Waals surface area contributed by atoms with Crippen molar-refractivity contribution in [1.29, 1.82) is 0 Å². The number of carbonyl (C=O) groups is 1. The van der Waals surface area contributed by atoms with Crippen LogP contribution < -0.4 is 10.1 Å². The third-order valence-electron chi connectivity index (χ3n) is 4.33. The largest absolute Gasteiger partial charge is 0.494 e. The Hall–Kier alpha value is -3.52. The summed E-state index contributed by atoms with van der Waals surface area (Å²) in [5, 5.41) is 9.68. The Kier molecular flexibility index (Phi) is 5.58. The summed E-state index contributed by atoms with van der Waals surface area (Å²) in [7, 11) is 0. The Morgan fingerprint density at radius 3 is 2.70 bits per heavy atom. The smallest absolute Gasteiger partial charge is 0.259 e. The summed E-state index contributed by atoms with van der Waals surface area (Å²) in [6.45, 7) is 4.37. The highest BCUT2D eigenvalue weighted by atomic mass is 32.1. The van der Waals surface area contributed by atoms with Crippen molar-refractivity contribution in [2.24, 2.45) is 0 Å². The van der Waals surface area contributed by atoms with Crippen LogP contribution in [0.3, 0.4) is 0 Å². The number of halogens is 1. The van der Waals surface area contributed by atoms with E-state index >= 15 is 0 Å². The molecule has 0 aliphatic rings. The number of hydrogen-bond donors (Lipinski definition) is 1. The van der Waals surface area contributed by atoms with Crippen molar-refractivity contribution in [3.8, 4) is 22.1 Å². The highest BCUT2D eigenvalue weighted by Gasteiger charge is 2.17. The van der Waals surface area contributed by atoms with Crippen molar-refractivity contribution in [2.75, 3.05) is 11.9 Å². The fraction of sp³-hybridized carbons (Fsp3) is 0.136. The average molecular weight is 422 g/mol. The van der Waals surface area contributed by atoms with E-state index in [4.69, 9.17) is 4.74 Å². The number of aromatic nitrogens is 3. The molecule has 6 nitrogen and oxygen atoms in total. The van der Waals surface area contributed by atoms with Crippen LogP contribution in [0.1, 0.15) is 23.0 Å². The molecule has 0 fully saturated rings. The van der Waals surface area contributed by atoms with E-state index in [9.17, 15) is 9.18 Å². The molecule has 152 valence electrons. The highest BCUT2D eigenvalue weighted by Crippen LogP contribution is 2.28. The molecular weight excluding hydrogens is 403 g/mol. The third-order valence-corrected chi connectivity index (χ3v) is 5.14. The van der Waals surface area contributed by atoms with Gasteiger partial charge in [-0.2, -0.15) is 9.78 Å². The molecule has 0 saturated carbocycles. The molecule has 0 unspecified atom stereocenters. The van der Waals surface area contributed by atoms with Gasteiger partial charge < -0.3 is 10.1 Å². The zero-order valence-electron chi connectivity index (χ0n) is 16.4. The topological polar surface area (TPSA) is 69.0 Å². The maximum absolute atomic E-state index is 13.9. The van der Waals surface area contributed by atoms with Gasteiger partial charge in [-0.15, -0.1) is 11.3 Å². The standard InChI is InChI=1S/C22H19FN4O2S/c1-3-29-16-10-8-15(9-11-16)19-13-30-22(24-19)27-20(12-14(2)26-27)25-21(28)17-6-4-5-7-18(17)23/h4-13H,3H2,1-2H3,(H,25,28). The first-order valence-corrected chi connectivity index (χ1v) is 10.2. The monoisotopic (exact) mass is 422 g/mol. The Morgan fingerprint density at radius 2 is 1.97 bits per heavy atom. The molecule has 0 spiro atoms. The van der Waals surface area contributed by atoms with Gasteiger partial charge in [-0.05, 0) is 50.2 Å². The lowest BCUT2D eigenvalue weighted by molar-refractivity contribution is 0.102. The van der Waals surface area contributed by atoms with Crippen LogP contribution >= 0.6 is 11.3 Å². The molecule has 0 saturated heterocycles. The van der Waals surface area contributed by atoms with E-state index in [1.165, 1.54) is 23.5 Å².